The monoisotopic (exact) mass is 759 g/mol. The Labute approximate surface area is 319 Å². The fraction of sp³-hybridized carbons (Fsp3) is 1.00. The van der Waals surface area contributed by atoms with Gasteiger partial charge in [-0.15, -0.1) is 11.6 Å². The molecule has 0 aliphatic carbocycles. The van der Waals surface area contributed by atoms with Gasteiger partial charge in [0.15, 0.2) is 0 Å². The topological polar surface area (TPSA) is 43.4 Å². The second kappa shape index (κ2) is 43.0. The highest BCUT2D eigenvalue weighted by molar-refractivity contribution is 6.62. The Hall–Kier alpha value is 0.557. The standard InChI is InChI=1S/2C14H31N.C12H26Cl2O4Si/c2*1-4-5-6-7-8-9-10-11-12-13-14-15(2)3;1-5-16-19(17-6-2,18-7-3)11(4)10-15-12(14)8-9-13/h2*4-14H2,1-3H3;11-12H,5-10H2,1-4H3. The maximum absolute atomic E-state index is 5.99. The molecule has 2 atom stereocenters. The third-order valence-electron chi connectivity index (χ3n) is 8.42. The summed E-state index contributed by atoms with van der Waals surface area (Å²) in [6.07, 6.45) is 29.3. The number of hydrogen-bond donors (Lipinski definition) is 0. The SMILES string of the molecule is CCCCCCCCCCCCN(C)C.CCCCCCCCCCCCN(C)C.CCO[Si](OCC)(OCC)C(C)COC(Cl)CCCl. The van der Waals surface area contributed by atoms with Gasteiger partial charge in [0.05, 0.1) is 6.61 Å². The summed E-state index contributed by atoms with van der Waals surface area (Å²) in [6.45, 7) is 17.0. The molecule has 0 aromatic rings. The maximum atomic E-state index is 5.99. The van der Waals surface area contributed by atoms with Gasteiger partial charge in [-0.1, -0.05) is 148 Å². The fourth-order valence-corrected chi connectivity index (χ4v) is 8.61. The first kappa shape index (κ1) is 53.9. The molecule has 0 heterocycles. The molecule has 0 aliphatic rings. The van der Waals surface area contributed by atoms with Crippen LogP contribution >= 0.6 is 23.2 Å². The van der Waals surface area contributed by atoms with Gasteiger partial charge in [-0.25, -0.2) is 0 Å². The molecule has 0 saturated carbocycles. The number of hydrogen-bond acceptors (Lipinski definition) is 6. The minimum absolute atomic E-state index is 0.0314. The number of nitrogens with zero attached hydrogens (tertiary/aromatic N) is 2. The molecule has 49 heavy (non-hydrogen) atoms. The van der Waals surface area contributed by atoms with Crippen LogP contribution in [0.15, 0.2) is 0 Å². The number of ether oxygens (including phenoxy) is 1. The highest BCUT2D eigenvalue weighted by atomic mass is 35.5. The van der Waals surface area contributed by atoms with Crippen molar-refractivity contribution in [3.05, 3.63) is 0 Å². The van der Waals surface area contributed by atoms with E-state index in [1.54, 1.807) is 0 Å². The van der Waals surface area contributed by atoms with E-state index in [4.69, 9.17) is 41.2 Å². The minimum Gasteiger partial charge on any atom is -0.374 e. The predicted octanol–water partition coefficient (Wildman–Crippen LogP) is 12.6. The molecule has 0 spiro atoms. The highest BCUT2D eigenvalue weighted by Gasteiger charge is 2.47. The molecule has 0 aliphatic heterocycles. The van der Waals surface area contributed by atoms with E-state index in [0.29, 0.717) is 38.7 Å². The van der Waals surface area contributed by atoms with Crippen molar-refractivity contribution in [2.75, 3.05) is 73.6 Å². The summed E-state index contributed by atoms with van der Waals surface area (Å²) in [5.41, 5.74) is -0.347. The second-order valence-corrected chi connectivity index (χ2v) is 17.9. The summed E-state index contributed by atoms with van der Waals surface area (Å²) < 4.78 is 23.0. The first-order valence-electron chi connectivity index (χ1n) is 20.6. The lowest BCUT2D eigenvalue weighted by Gasteiger charge is -2.33. The molecule has 0 saturated heterocycles. The van der Waals surface area contributed by atoms with Crippen LogP contribution in [-0.4, -0.2) is 97.8 Å². The van der Waals surface area contributed by atoms with Crippen LogP contribution in [0, 0.1) is 0 Å². The summed E-state index contributed by atoms with van der Waals surface area (Å²) >= 11 is 11.6. The lowest BCUT2D eigenvalue weighted by Crippen LogP contribution is -2.51. The van der Waals surface area contributed by atoms with Gasteiger partial charge in [-0.05, 0) is 74.9 Å². The number of halogens is 2. The van der Waals surface area contributed by atoms with Crippen LogP contribution in [0.5, 0.6) is 0 Å². The summed E-state index contributed by atoms with van der Waals surface area (Å²) in [6, 6.07) is 0. The lowest BCUT2D eigenvalue weighted by atomic mass is 10.1. The van der Waals surface area contributed by atoms with Gasteiger partial charge in [-0.2, -0.15) is 0 Å². The van der Waals surface area contributed by atoms with Crippen LogP contribution < -0.4 is 0 Å². The van der Waals surface area contributed by atoms with Crippen molar-refractivity contribution in [3.63, 3.8) is 0 Å². The molecule has 0 aromatic carbocycles. The van der Waals surface area contributed by atoms with Crippen molar-refractivity contribution in [2.24, 2.45) is 0 Å². The molecular weight excluding hydrogens is 671 g/mol. The van der Waals surface area contributed by atoms with Gasteiger partial charge in [-0.3, -0.25) is 0 Å². The fourth-order valence-electron chi connectivity index (χ4n) is 5.51. The van der Waals surface area contributed by atoms with Gasteiger partial charge in [0.1, 0.15) is 5.56 Å². The maximum Gasteiger partial charge on any atom is 0.506 e. The van der Waals surface area contributed by atoms with E-state index in [9.17, 15) is 0 Å². The molecule has 0 amide bonds. The zero-order valence-electron chi connectivity index (χ0n) is 34.7. The number of rotatable bonds is 34. The van der Waals surface area contributed by atoms with E-state index < -0.39 is 8.80 Å². The largest absolute Gasteiger partial charge is 0.506 e. The average molecular weight is 760 g/mol. The normalized spacial score (nSPS) is 12.9. The van der Waals surface area contributed by atoms with Crippen molar-refractivity contribution < 1.29 is 18.0 Å². The molecule has 6 nitrogen and oxygen atoms in total. The van der Waals surface area contributed by atoms with Gasteiger partial charge in [0.25, 0.3) is 0 Å². The van der Waals surface area contributed by atoms with Gasteiger partial charge in [0, 0.05) is 37.7 Å². The number of unbranched alkanes of at least 4 members (excludes halogenated alkanes) is 18. The van der Waals surface area contributed by atoms with E-state index in [2.05, 4.69) is 51.8 Å². The molecule has 0 radical (unpaired) electrons. The van der Waals surface area contributed by atoms with Crippen LogP contribution in [-0.2, 0) is 18.0 Å². The van der Waals surface area contributed by atoms with E-state index in [0.717, 1.165) is 0 Å². The third-order valence-corrected chi connectivity index (χ3v) is 12.4. The van der Waals surface area contributed by atoms with Crippen molar-refractivity contribution in [1.29, 1.82) is 0 Å². The Bertz CT molecular complexity index is 564. The molecule has 0 bridgehead atoms. The summed E-state index contributed by atoms with van der Waals surface area (Å²) in [4.78, 5) is 4.56. The van der Waals surface area contributed by atoms with Crippen molar-refractivity contribution in [2.45, 2.75) is 187 Å². The van der Waals surface area contributed by atoms with Gasteiger partial charge in [0.2, 0.25) is 0 Å². The molecule has 0 N–H and O–H groups in total. The summed E-state index contributed by atoms with van der Waals surface area (Å²) in [7, 11) is 5.94. The Morgan fingerprint density at radius 2 is 0.816 bits per heavy atom. The molecule has 300 valence electrons. The average Bonchev–Trinajstić information content (AvgIpc) is 3.06. The van der Waals surface area contributed by atoms with Crippen LogP contribution in [0.4, 0.5) is 0 Å². The molecule has 9 heteroatoms. The zero-order valence-corrected chi connectivity index (χ0v) is 37.2. The molecule has 2 unspecified atom stereocenters. The molecule has 0 aromatic heterocycles. The van der Waals surface area contributed by atoms with Crippen molar-refractivity contribution >= 4 is 32.0 Å². The Morgan fingerprint density at radius 1 is 0.510 bits per heavy atom. The van der Waals surface area contributed by atoms with Crippen LogP contribution in [0.2, 0.25) is 5.54 Å². The smallest absolute Gasteiger partial charge is 0.374 e. The first-order chi connectivity index (χ1) is 23.6. The van der Waals surface area contributed by atoms with E-state index in [1.165, 1.54) is 142 Å². The van der Waals surface area contributed by atoms with Gasteiger partial charge < -0.3 is 27.8 Å². The molecule has 0 rings (SSSR count). The van der Waals surface area contributed by atoms with E-state index in [-0.39, 0.29) is 11.1 Å². The summed E-state index contributed by atoms with van der Waals surface area (Å²) in [5.74, 6) is 0.480. The molecule has 0 fully saturated rings. The van der Waals surface area contributed by atoms with Crippen LogP contribution in [0.1, 0.15) is 176 Å². The number of alkyl halides is 2. The van der Waals surface area contributed by atoms with Crippen molar-refractivity contribution in [1.82, 2.24) is 9.80 Å². The first-order valence-corrected chi connectivity index (χ1v) is 23.4. The second-order valence-electron chi connectivity index (χ2n) is 14.0. The highest BCUT2D eigenvalue weighted by Crippen LogP contribution is 2.27. The zero-order chi connectivity index (χ0) is 37.4. The third kappa shape index (κ3) is 41.2. The van der Waals surface area contributed by atoms with Crippen LogP contribution in [0.25, 0.3) is 0 Å². The predicted molar refractivity (Wildman–Crippen MR) is 222 cm³/mol. The quantitative estimate of drug-likeness (QED) is 0.0370. The Balaban J connectivity index is -0.000000655. The van der Waals surface area contributed by atoms with E-state index in [1.807, 2.05) is 27.7 Å². The molecular formula is C40H88Cl2N2O4Si. The summed E-state index contributed by atoms with van der Waals surface area (Å²) in [5, 5.41) is 0. The van der Waals surface area contributed by atoms with Gasteiger partial charge >= 0.3 is 8.80 Å². The lowest BCUT2D eigenvalue weighted by molar-refractivity contribution is 0.0375. The Kier molecular flexibility index (Phi) is 47.3. The van der Waals surface area contributed by atoms with Crippen molar-refractivity contribution in [3.8, 4) is 0 Å². The minimum atomic E-state index is -2.71. The Morgan fingerprint density at radius 3 is 1.08 bits per heavy atom. The van der Waals surface area contributed by atoms with E-state index >= 15 is 0 Å². The van der Waals surface area contributed by atoms with Crippen LogP contribution in [0.3, 0.4) is 0 Å².